The molecule has 5 nitrogen and oxygen atoms in total. The summed E-state index contributed by atoms with van der Waals surface area (Å²) in [6.45, 7) is 5.49. The number of rotatable bonds is 4. The van der Waals surface area contributed by atoms with Crippen LogP contribution in [0.15, 0.2) is 35.5 Å². The average molecular weight is 316 g/mol. The highest BCUT2D eigenvalue weighted by molar-refractivity contribution is 7.98. The first-order valence-electron chi connectivity index (χ1n) is 7.34. The van der Waals surface area contributed by atoms with Crippen molar-refractivity contribution >= 4 is 29.0 Å². The fraction of sp³-hybridized carbons (Fsp3) is 0.375. The second kappa shape index (κ2) is 6.98. The minimum Gasteiger partial charge on any atom is -0.378 e. The number of hydrogen-bond donors (Lipinski definition) is 1. The largest absolute Gasteiger partial charge is 0.378 e. The minimum absolute atomic E-state index is 0.785. The molecule has 0 unspecified atom stereocenters. The zero-order valence-corrected chi connectivity index (χ0v) is 13.7. The third kappa shape index (κ3) is 3.69. The van der Waals surface area contributed by atoms with E-state index in [2.05, 4.69) is 44.5 Å². The van der Waals surface area contributed by atoms with Gasteiger partial charge in [-0.2, -0.15) is 0 Å². The van der Waals surface area contributed by atoms with Crippen molar-refractivity contribution in [2.45, 2.75) is 12.1 Å². The van der Waals surface area contributed by atoms with Gasteiger partial charge >= 0.3 is 0 Å². The Balaban J connectivity index is 1.71. The van der Waals surface area contributed by atoms with Gasteiger partial charge in [-0.05, 0) is 37.4 Å². The van der Waals surface area contributed by atoms with Gasteiger partial charge in [0, 0.05) is 36.2 Å². The van der Waals surface area contributed by atoms with Crippen molar-refractivity contribution in [1.82, 2.24) is 9.97 Å². The van der Waals surface area contributed by atoms with E-state index in [0.29, 0.717) is 0 Å². The highest BCUT2D eigenvalue weighted by Crippen LogP contribution is 2.22. The SMILES string of the molecule is CSc1nc(C)cc(Nc2ccc(N3CCOCC3)cc2)n1. The fourth-order valence-corrected chi connectivity index (χ4v) is 2.85. The zero-order valence-electron chi connectivity index (χ0n) is 12.9. The predicted octanol–water partition coefficient (Wildman–Crippen LogP) is 3.09. The van der Waals surface area contributed by atoms with Crippen LogP contribution >= 0.6 is 11.8 Å². The fourth-order valence-electron chi connectivity index (χ4n) is 2.42. The lowest BCUT2D eigenvalue weighted by molar-refractivity contribution is 0.122. The maximum Gasteiger partial charge on any atom is 0.189 e. The van der Waals surface area contributed by atoms with E-state index in [1.54, 1.807) is 11.8 Å². The molecule has 1 N–H and O–H groups in total. The molecule has 0 aliphatic carbocycles. The highest BCUT2D eigenvalue weighted by atomic mass is 32.2. The Kier molecular flexibility index (Phi) is 4.80. The van der Waals surface area contributed by atoms with Crippen molar-refractivity contribution in [3.05, 3.63) is 36.0 Å². The maximum atomic E-state index is 5.39. The van der Waals surface area contributed by atoms with Gasteiger partial charge < -0.3 is 15.0 Å². The third-order valence-electron chi connectivity index (χ3n) is 3.53. The van der Waals surface area contributed by atoms with Crippen LogP contribution < -0.4 is 10.2 Å². The summed E-state index contributed by atoms with van der Waals surface area (Å²) in [5, 5.41) is 4.13. The summed E-state index contributed by atoms with van der Waals surface area (Å²) in [7, 11) is 0. The molecule has 1 aliphatic heterocycles. The van der Waals surface area contributed by atoms with Gasteiger partial charge in [-0.25, -0.2) is 9.97 Å². The van der Waals surface area contributed by atoms with E-state index in [1.165, 1.54) is 5.69 Å². The van der Waals surface area contributed by atoms with Crippen LogP contribution in [0.25, 0.3) is 0 Å². The van der Waals surface area contributed by atoms with Crippen LogP contribution in [-0.4, -0.2) is 42.5 Å². The lowest BCUT2D eigenvalue weighted by Crippen LogP contribution is -2.36. The molecular formula is C16H20N4OS. The summed E-state index contributed by atoms with van der Waals surface area (Å²) in [5.74, 6) is 0.830. The van der Waals surface area contributed by atoms with E-state index >= 15 is 0 Å². The lowest BCUT2D eigenvalue weighted by Gasteiger charge is -2.28. The molecule has 22 heavy (non-hydrogen) atoms. The molecule has 1 aliphatic rings. The minimum atomic E-state index is 0.785. The first-order chi connectivity index (χ1) is 10.7. The highest BCUT2D eigenvalue weighted by Gasteiger charge is 2.10. The van der Waals surface area contributed by atoms with Crippen LogP contribution in [0, 0.1) is 6.92 Å². The molecule has 0 radical (unpaired) electrons. The van der Waals surface area contributed by atoms with E-state index in [-0.39, 0.29) is 0 Å². The number of nitrogens with zero attached hydrogens (tertiary/aromatic N) is 3. The molecule has 0 amide bonds. The Morgan fingerprint density at radius 3 is 2.55 bits per heavy atom. The molecule has 3 rings (SSSR count). The number of aryl methyl sites for hydroxylation is 1. The number of thioether (sulfide) groups is 1. The number of hydrogen-bond acceptors (Lipinski definition) is 6. The Hall–Kier alpha value is -1.79. The summed E-state index contributed by atoms with van der Waals surface area (Å²) in [4.78, 5) is 11.2. The standard InChI is InChI=1S/C16H20N4OS/c1-12-11-15(19-16(17-12)22-2)18-13-3-5-14(6-4-13)20-7-9-21-10-8-20/h3-6,11H,7-10H2,1-2H3,(H,17,18,19). The number of ether oxygens (including phenoxy) is 1. The van der Waals surface area contributed by atoms with Crippen molar-refractivity contribution in [2.24, 2.45) is 0 Å². The van der Waals surface area contributed by atoms with Crippen LogP contribution in [0.1, 0.15) is 5.69 Å². The van der Waals surface area contributed by atoms with E-state index in [1.807, 2.05) is 19.2 Å². The third-order valence-corrected chi connectivity index (χ3v) is 4.08. The van der Waals surface area contributed by atoms with Gasteiger partial charge in [-0.1, -0.05) is 11.8 Å². The van der Waals surface area contributed by atoms with E-state index < -0.39 is 0 Å². The number of benzene rings is 1. The number of anilines is 3. The smallest absolute Gasteiger partial charge is 0.189 e. The van der Waals surface area contributed by atoms with Crippen LogP contribution in [0.5, 0.6) is 0 Å². The molecule has 1 aromatic carbocycles. The number of morpholine rings is 1. The molecule has 0 spiro atoms. The van der Waals surface area contributed by atoms with Crippen LogP contribution in [0.4, 0.5) is 17.2 Å². The Labute approximate surface area is 135 Å². The van der Waals surface area contributed by atoms with Crippen LogP contribution in [-0.2, 0) is 4.74 Å². The molecule has 116 valence electrons. The van der Waals surface area contributed by atoms with Crippen LogP contribution in [0.2, 0.25) is 0 Å². The van der Waals surface area contributed by atoms with Gasteiger partial charge in [0.25, 0.3) is 0 Å². The lowest BCUT2D eigenvalue weighted by atomic mass is 10.2. The van der Waals surface area contributed by atoms with E-state index in [9.17, 15) is 0 Å². The van der Waals surface area contributed by atoms with Gasteiger partial charge in [-0.15, -0.1) is 0 Å². The topological polar surface area (TPSA) is 50.3 Å². The van der Waals surface area contributed by atoms with Crippen molar-refractivity contribution in [2.75, 3.05) is 42.8 Å². The quantitative estimate of drug-likeness (QED) is 0.691. The first-order valence-corrected chi connectivity index (χ1v) is 8.56. The van der Waals surface area contributed by atoms with Crippen LogP contribution in [0.3, 0.4) is 0 Å². The summed E-state index contributed by atoms with van der Waals surface area (Å²) in [5.41, 5.74) is 3.23. The summed E-state index contributed by atoms with van der Waals surface area (Å²) < 4.78 is 5.39. The Bertz CT molecular complexity index is 627. The monoisotopic (exact) mass is 316 g/mol. The Morgan fingerprint density at radius 1 is 1.14 bits per heavy atom. The molecule has 0 saturated carbocycles. The molecule has 1 aromatic heterocycles. The number of nitrogens with one attached hydrogen (secondary N) is 1. The first kappa shape index (κ1) is 15.1. The molecule has 1 saturated heterocycles. The second-order valence-electron chi connectivity index (χ2n) is 5.15. The number of aromatic nitrogens is 2. The molecule has 0 bridgehead atoms. The summed E-state index contributed by atoms with van der Waals surface area (Å²) >= 11 is 1.55. The van der Waals surface area contributed by atoms with Gasteiger partial charge in [-0.3, -0.25) is 0 Å². The van der Waals surface area contributed by atoms with Crippen molar-refractivity contribution in [1.29, 1.82) is 0 Å². The molecular weight excluding hydrogens is 296 g/mol. The molecule has 0 atom stereocenters. The molecule has 2 aromatic rings. The molecule has 1 fully saturated rings. The van der Waals surface area contributed by atoms with Gasteiger partial charge in [0.2, 0.25) is 0 Å². The van der Waals surface area contributed by atoms with Crippen molar-refractivity contribution < 1.29 is 4.74 Å². The summed E-state index contributed by atoms with van der Waals surface area (Å²) in [6, 6.07) is 10.4. The second-order valence-corrected chi connectivity index (χ2v) is 5.93. The van der Waals surface area contributed by atoms with Gasteiger partial charge in [0.15, 0.2) is 5.16 Å². The average Bonchev–Trinajstić information content (AvgIpc) is 2.56. The van der Waals surface area contributed by atoms with E-state index in [4.69, 9.17) is 4.74 Å². The van der Waals surface area contributed by atoms with Gasteiger partial charge in [0.05, 0.1) is 13.2 Å². The molecule has 2 heterocycles. The zero-order chi connectivity index (χ0) is 15.4. The predicted molar refractivity (Wildman–Crippen MR) is 91.3 cm³/mol. The molecule has 6 heteroatoms. The Morgan fingerprint density at radius 2 is 1.86 bits per heavy atom. The van der Waals surface area contributed by atoms with Crippen molar-refractivity contribution in [3.63, 3.8) is 0 Å². The van der Waals surface area contributed by atoms with E-state index in [0.717, 1.165) is 48.7 Å². The summed E-state index contributed by atoms with van der Waals surface area (Å²) in [6.07, 6.45) is 1.98. The normalized spacial score (nSPS) is 14.9. The maximum absolute atomic E-state index is 5.39. The van der Waals surface area contributed by atoms with Gasteiger partial charge in [0.1, 0.15) is 5.82 Å². The van der Waals surface area contributed by atoms with Crippen molar-refractivity contribution in [3.8, 4) is 0 Å².